The fraction of sp³-hybridized carbons (Fsp3) is 0.370. The standard InChI is InChI=1S/C27H34N4O9/c1-15(32)23(31-24(36)19(28)13-16-5-3-2-4-6-16)26(38)29-20(11-12-22(34)35)25(37)30-21(27(39)40)14-17-7-9-18(33)10-8-17/h2-10,15,19-21,23,32-33H,11-14,28H2,1H3,(H,29,38)(H,30,37)(H,31,36)(H,34,35)(H,39,40). The predicted molar refractivity (Wildman–Crippen MR) is 142 cm³/mol. The number of benzene rings is 2. The Morgan fingerprint density at radius 2 is 1.35 bits per heavy atom. The average molecular weight is 559 g/mol. The Bertz CT molecular complexity index is 1170. The molecule has 0 radical (unpaired) electrons. The lowest BCUT2D eigenvalue weighted by Gasteiger charge is -2.26. The van der Waals surface area contributed by atoms with Crippen LogP contribution in [0.4, 0.5) is 0 Å². The maximum absolute atomic E-state index is 13.0. The molecule has 0 aromatic heterocycles. The van der Waals surface area contributed by atoms with Crippen LogP contribution in [0.3, 0.4) is 0 Å². The topological polar surface area (TPSA) is 228 Å². The van der Waals surface area contributed by atoms with Crippen LogP contribution in [0.5, 0.6) is 5.75 Å². The van der Waals surface area contributed by atoms with Gasteiger partial charge in [-0.05, 0) is 43.0 Å². The lowest BCUT2D eigenvalue weighted by Crippen LogP contribution is -2.60. The molecule has 0 aliphatic carbocycles. The Balaban J connectivity index is 2.12. The highest BCUT2D eigenvalue weighted by Gasteiger charge is 2.32. The number of hydrogen-bond acceptors (Lipinski definition) is 8. The molecule has 2 aromatic rings. The molecule has 3 amide bonds. The number of rotatable bonds is 15. The van der Waals surface area contributed by atoms with Crippen LogP contribution in [0, 0.1) is 0 Å². The zero-order valence-corrected chi connectivity index (χ0v) is 21.8. The molecule has 0 aliphatic rings. The van der Waals surface area contributed by atoms with Gasteiger partial charge in [0.05, 0.1) is 12.1 Å². The lowest BCUT2D eigenvalue weighted by molar-refractivity contribution is -0.143. The number of aromatic hydroxyl groups is 1. The quantitative estimate of drug-likeness (QED) is 0.137. The van der Waals surface area contributed by atoms with Crippen molar-refractivity contribution in [3.63, 3.8) is 0 Å². The van der Waals surface area contributed by atoms with Crippen molar-refractivity contribution in [2.75, 3.05) is 0 Å². The van der Waals surface area contributed by atoms with Crippen molar-refractivity contribution in [3.8, 4) is 5.75 Å². The third-order valence-electron chi connectivity index (χ3n) is 5.97. The Morgan fingerprint density at radius 1 is 0.775 bits per heavy atom. The van der Waals surface area contributed by atoms with Gasteiger partial charge < -0.3 is 42.1 Å². The van der Waals surface area contributed by atoms with E-state index >= 15 is 0 Å². The Labute approximate surface area is 230 Å². The molecule has 0 heterocycles. The van der Waals surface area contributed by atoms with Crippen LogP contribution in [0.25, 0.3) is 0 Å². The molecule has 2 aromatic carbocycles. The average Bonchev–Trinajstić information content (AvgIpc) is 2.90. The molecule has 5 atom stereocenters. The van der Waals surface area contributed by atoms with Crippen molar-refractivity contribution in [1.82, 2.24) is 16.0 Å². The molecule has 0 saturated carbocycles. The summed E-state index contributed by atoms with van der Waals surface area (Å²) in [5.41, 5.74) is 7.22. The van der Waals surface area contributed by atoms with Gasteiger partial charge in [-0.15, -0.1) is 0 Å². The number of aliphatic hydroxyl groups is 1. The minimum Gasteiger partial charge on any atom is -0.508 e. The summed E-state index contributed by atoms with van der Waals surface area (Å²) in [6.07, 6.45) is -2.36. The van der Waals surface area contributed by atoms with Crippen molar-refractivity contribution in [2.45, 2.75) is 62.9 Å². The maximum Gasteiger partial charge on any atom is 0.326 e. The van der Waals surface area contributed by atoms with Crippen LogP contribution in [-0.4, -0.2) is 80.4 Å². The smallest absolute Gasteiger partial charge is 0.326 e. The van der Waals surface area contributed by atoms with Crippen LogP contribution < -0.4 is 21.7 Å². The van der Waals surface area contributed by atoms with Crippen molar-refractivity contribution < 1.29 is 44.4 Å². The van der Waals surface area contributed by atoms with Gasteiger partial charge in [0.25, 0.3) is 0 Å². The predicted octanol–water partition coefficient (Wildman–Crippen LogP) is -0.711. The summed E-state index contributed by atoms with van der Waals surface area (Å²) in [5, 5.41) is 45.2. The summed E-state index contributed by atoms with van der Waals surface area (Å²) in [6, 6.07) is 8.98. The highest BCUT2D eigenvalue weighted by atomic mass is 16.4. The van der Waals surface area contributed by atoms with Gasteiger partial charge >= 0.3 is 11.9 Å². The first-order valence-electron chi connectivity index (χ1n) is 12.5. The normalized spacial score (nSPS) is 14.6. The lowest BCUT2D eigenvalue weighted by atomic mass is 10.0. The minimum absolute atomic E-state index is 0.0307. The fourth-order valence-electron chi connectivity index (χ4n) is 3.76. The first-order chi connectivity index (χ1) is 18.9. The number of phenols is 1. The molecule has 2 rings (SSSR count). The summed E-state index contributed by atoms with van der Waals surface area (Å²) in [5.74, 6) is -5.39. The first kappa shape index (κ1) is 31.7. The van der Waals surface area contributed by atoms with E-state index in [0.717, 1.165) is 5.56 Å². The molecule has 0 fully saturated rings. The van der Waals surface area contributed by atoms with Gasteiger partial charge in [0.1, 0.15) is 23.9 Å². The molecule has 216 valence electrons. The minimum atomic E-state index is -1.54. The second kappa shape index (κ2) is 15.2. The summed E-state index contributed by atoms with van der Waals surface area (Å²) >= 11 is 0. The highest BCUT2D eigenvalue weighted by molar-refractivity contribution is 5.94. The number of carbonyl (C=O) groups is 5. The Hall–Kier alpha value is -4.49. The number of hydrogen-bond donors (Lipinski definition) is 8. The van der Waals surface area contributed by atoms with E-state index in [0.29, 0.717) is 5.56 Å². The van der Waals surface area contributed by atoms with Gasteiger partial charge in [-0.25, -0.2) is 4.79 Å². The SMILES string of the molecule is CC(O)C(NC(=O)C(N)Cc1ccccc1)C(=O)NC(CCC(=O)O)C(=O)NC(Cc1ccc(O)cc1)C(=O)O. The van der Waals surface area contributed by atoms with E-state index in [9.17, 15) is 39.3 Å². The molecule has 40 heavy (non-hydrogen) atoms. The summed E-state index contributed by atoms with van der Waals surface area (Å²) < 4.78 is 0. The Kier molecular flexibility index (Phi) is 12.0. The molecule has 0 aliphatic heterocycles. The van der Waals surface area contributed by atoms with E-state index in [1.165, 1.54) is 31.2 Å². The first-order valence-corrected chi connectivity index (χ1v) is 12.5. The van der Waals surface area contributed by atoms with Gasteiger partial charge in [-0.2, -0.15) is 0 Å². The molecule has 9 N–H and O–H groups in total. The van der Waals surface area contributed by atoms with Gasteiger partial charge in [-0.1, -0.05) is 42.5 Å². The van der Waals surface area contributed by atoms with E-state index in [1.807, 2.05) is 0 Å². The zero-order chi connectivity index (χ0) is 29.8. The maximum atomic E-state index is 13.0. The molecule has 0 saturated heterocycles. The monoisotopic (exact) mass is 558 g/mol. The molecular formula is C27H34N4O9. The second-order valence-corrected chi connectivity index (χ2v) is 9.29. The number of carboxylic acid groups (broad SMARTS) is 2. The molecular weight excluding hydrogens is 524 g/mol. The van der Waals surface area contributed by atoms with Crippen LogP contribution in [-0.2, 0) is 36.8 Å². The van der Waals surface area contributed by atoms with Crippen molar-refractivity contribution in [3.05, 3.63) is 65.7 Å². The van der Waals surface area contributed by atoms with E-state index in [-0.39, 0.29) is 18.6 Å². The van der Waals surface area contributed by atoms with Gasteiger partial charge in [-0.3, -0.25) is 19.2 Å². The highest BCUT2D eigenvalue weighted by Crippen LogP contribution is 2.12. The molecule has 0 spiro atoms. The number of nitrogens with one attached hydrogen (secondary N) is 3. The summed E-state index contributed by atoms with van der Waals surface area (Å²) in [6.45, 7) is 1.23. The fourth-order valence-corrected chi connectivity index (χ4v) is 3.76. The van der Waals surface area contributed by atoms with Crippen LogP contribution in [0.15, 0.2) is 54.6 Å². The van der Waals surface area contributed by atoms with Crippen LogP contribution >= 0.6 is 0 Å². The third kappa shape index (κ3) is 10.3. The van der Waals surface area contributed by atoms with Crippen LogP contribution in [0.2, 0.25) is 0 Å². The number of aliphatic hydroxyl groups excluding tert-OH is 1. The van der Waals surface area contributed by atoms with E-state index in [2.05, 4.69) is 16.0 Å². The van der Waals surface area contributed by atoms with Crippen molar-refractivity contribution in [1.29, 1.82) is 0 Å². The third-order valence-corrected chi connectivity index (χ3v) is 5.97. The summed E-state index contributed by atoms with van der Waals surface area (Å²) in [7, 11) is 0. The Morgan fingerprint density at radius 3 is 1.90 bits per heavy atom. The number of carboxylic acids is 2. The molecule has 5 unspecified atom stereocenters. The number of nitrogens with two attached hydrogens (primary N) is 1. The number of amides is 3. The number of aliphatic carboxylic acids is 2. The summed E-state index contributed by atoms with van der Waals surface area (Å²) in [4.78, 5) is 61.6. The number of phenolic OH excluding ortho intramolecular Hbond substituents is 1. The van der Waals surface area contributed by atoms with Crippen molar-refractivity contribution in [2.24, 2.45) is 5.73 Å². The van der Waals surface area contributed by atoms with E-state index in [4.69, 9.17) is 10.8 Å². The molecule has 0 bridgehead atoms. The van der Waals surface area contributed by atoms with Gasteiger partial charge in [0.15, 0.2) is 0 Å². The van der Waals surface area contributed by atoms with E-state index in [1.54, 1.807) is 30.3 Å². The second-order valence-electron chi connectivity index (χ2n) is 9.29. The number of carbonyl (C=O) groups excluding carboxylic acids is 3. The van der Waals surface area contributed by atoms with Crippen molar-refractivity contribution >= 4 is 29.7 Å². The van der Waals surface area contributed by atoms with Gasteiger partial charge in [0.2, 0.25) is 17.7 Å². The van der Waals surface area contributed by atoms with Gasteiger partial charge in [0, 0.05) is 12.8 Å². The van der Waals surface area contributed by atoms with Crippen LogP contribution in [0.1, 0.15) is 30.9 Å². The van der Waals surface area contributed by atoms with E-state index < -0.39 is 72.8 Å². The zero-order valence-electron chi connectivity index (χ0n) is 21.8. The largest absolute Gasteiger partial charge is 0.508 e. The molecule has 13 heteroatoms. The molecule has 13 nitrogen and oxygen atoms in total.